The van der Waals surface area contributed by atoms with Gasteiger partial charge in [-0.25, -0.2) is 0 Å². The number of phenols is 1. The molecule has 5 aromatic rings. The van der Waals surface area contributed by atoms with Crippen LogP contribution in [-0.2, 0) is 6.61 Å². The minimum absolute atomic E-state index is 0.154. The van der Waals surface area contributed by atoms with Gasteiger partial charge in [-0.1, -0.05) is 48.5 Å². The molecule has 6 heteroatoms. The lowest BCUT2D eigenvalue weighted by molar-refractivity contribution is 0.304. The van der Waals surface area contributed by atoms with Crippen molar-refractivity contribution in [1.82, 2.24) is 14.1 Å². The molecule has 3 aromatic carbocycles. The van der Waals surface area contributed by atoms with Gasteiger partial charge in [0.05, 0.1) is 0 Å². The Morgan fingerprint density at radius 2 is 1.74 bits per heavy atom. The van der Waals surface area contributed by atoms with Crippen LogP contribution in [0.4, 0.5) is 0 Å². The maximum absolute atomic E-state index is 10.5. The van der Waals surface area contributed by atoms with Crippen molar-refractivity contribution >= 4 is 28.7 Å². The Morgan fingerprint density at radius 3 is 2.48 bits per heavy atom. The molecular weight excluding hydrogens is 362 g/mol. The molecule has 5 rings (SSSR count). The highest BCUT2D eigenvalue weighted by Crippen LogP contribution is 2.33. The van der Waals surface area contributed by atoms with Gasteiger partial charge in [0.15, 0.2) is 0 Å². The summed E-state index contributed by atoms with van der Waals surface area (Å²) in [6.07, 6.45) is 1.81. The van der Waals surface area contributed by atoms with E-state index in [9.17, 15) is 5.11 Å². The molecule has 27 heavy (non-hydrogen) atoms. The number of phenolic OH excluding ortho intramolecular Hbond substituents is 1. The molecule has 1 N–H and O–H groups in total. The smallest absolute Gasteiger partial charge is 0.146 e. The summed E-state index contributed by atoms with van der Waals surface area (Å²) in [4.78, 5) is 1.88. The molecule has 0 aliphatic heterocycles. The molecule has 0 aliphatic carbocycles. The molecule has 0 bridgehead atoms. The summed E-state index contributed by atoms with van der Waals surface area (Å²) in [5, 5.41) is 11.1. The topological polar surface area (TPSA) is 43.2 Å². The highest BCUT2D eigenvalue weighted by molar-refractivity contribution is 6.31. The molecule has 2 aromatic heterocycles. The first-order valence-corrected chi connectivity index (χ1v) is 8.90. The SMILES string of the molecule is C=Cc1ccc(COc2ccc(-n3n4c5ccc(Cl)cc5n34)c(O)c2)cc1. The van der Waals surface area contributed by atoms with Crippen LogP contribution in [0.15, 0.2) is 67.2 Å². The zero-order chi connectivity index (χ0) is 18.5. The van der Waals surface area contributed by atoms with E-state index in [4.69, 9.17) is 16.3 Å². The lowest BCUT2D eigenvalue weighted by atomic mass is 10.1. The highest BCUT2D eigenvalue weighted by Gasteiger charge is 2.25. The summed E-state index contributed by atoms with van der Waals surface area (Å²) in [5.41, 5.74) is 4.89. The van der Waals surface area contributed by atoms with Crippen molar-refractivity contribution < 1.29 is 9.84 Å². The van der Waals surface area contributed by atoms with Crippen LogP contribution in [0.25, 0.3) is 22.8 Å². The first-order chi connectivity index (χ1) is 13.2. The van der Waals surface area contributed by atoms with Crippen LogP contribution in [0.5, 0.6) is 11.5 Å². The van der Waals surface area contributed by atoms with E-state index in [0.29, 0.717) is 23.1 Å². The Morgan fingerprint density at radius 1 is 0.963 bits per heavy atom. The van der Waals surface area contributed by atoms with Gasteiger partial charge in [0.25, 0.3) is 0 Å². The van der Waals surface area contributed by atoms with Gasteiger partial charge >= 0.3 is 0 Å². The number of ether oxygens (including phenoxy) is 1. The molecule has 0 fully saturated rings. The Hall–Kier alpha value is -3.31. The van der Waals surface area contributed by atoms with E-state index in [1.54, 1.807) is 12.1 Å². The van der Waals surface area contributed by atoms with Gasteiger partial charge in [0, 0.05) is 11.1 Å². The summed E-state index contributed by atoms with van der Waals surface area (Å²) in [6, 6.07) is 19.0. The lowest BCUT2D eigenvalue weighted by Gasteiger charge is -2.08. The molecule has 0 radical (unpaired) electrons. The van der Waals surface area contributed by atoms with Crippen molar-refractivity contribution in [2.24, 2.45) is 0 Å². The van der Waals surface area contributed by atoms with Crippen molar-refractivity contribution in [2.45, 2.75) is 6.61 Å². The van der Waals surface area contributed by atoms with Crippen molar-refractivity contribution in [3.05, 3.63) is 83.4 Å². The summed E-state index contributed by atoms with van der Waals surface area (Å²) in [5.74, 6) is 0.768. The number of hydrogen-bond acceptors (Lipinski definition) is 2. The van der Waals surface area contributed by atoms with E-state index >= 15 is 0 Å². The number of benzene rings is 3. The van der Waals surface area contributed by atoms with Gasteiger partial charge in [-0.05, 0) is 41.5 Å². The molecule has 0 saturated heterocycles. The van der Waals surface area contributed by atoms with E-state index < -0.39 is 0 Å². The predicted octanol–water partition coefficient (Wildman–Crippen LogP) is 5.00. The van der Waals surface area contributed by atoms with Crippen LogP contribution in [0, 0.1) is 0 Å². The average Bonchev–Trinajstić information content (AvgIpc) is 3.34. The molecule has 5 nitrogen and oxygen atoms in total. The Labute approximate surface area is 160 Å². The number of aromatic nitrogens is 3. The number of hydrogen-bond donors (Lipinski definition) is 1. The van der Waals surface area contributed by atoms with Crippen molar-refractivity contribution in [1.29, 1.82) is 0 Å². The van der Waals surface area contributed by atoms with E-state index in [2.05, 4.69) is 6.58 Å². The Bertz CT molecular complexity index is 1260. The monoisotopic (exact) mass is 377 g/mol. The van der Waals surface area contributed by atoms with Crippen LogP contribution in [-0.4, -0.2) is 19.2 Å². The fourth-order valence-electron chi connectivity index (χ4n) is 3.20. The number of rotatable bonds is 5. The Balaban J connectivity index is 1.36. The molecule has 0 saturated carbocycles. The van der Waals surface area contributed by atoms with Gasteiger partial charge in [0.2, 0.25) is 0 Å². The summed E-state index contributed by atoms with van der Waals surface area (Å²) in [6.45, 7) is 4.18. The zero-order valence-corrected chi connectivity index (χ0v) is 15.1. The molecule has 0 unspecified atom stereocenters. The van der Waals surface area contributed by atoms with Crippen LogP contribution in [0.2, 0.25) is 5.02 Å². The zero-order valence-electron chi connectivity index (χ0n) is 14.3. The third kappa shape index (κ3) is 2.55. The quantitative estimate of drug-likeness (QED) is 0.468. The second kappa shape index (κ2) is 5.86. The van der Waals surface area contributed by atoms with Crippen molar-refractivity contribution in [2.75, 3.05) is 0 Å². The second-order valence-corrected chi connectivity index (χ2v) is 6.82. The van der Waals surface area contributed by atoms with Gasteiger partial charge in [-0.3, -0.25) is 0 Å². The third-order valence-corrected chi connectivity index (χ3v) is 4.89. The predicted molar refractivity (Wildman–Crippen MR) is 106 cm³/mol. The number of nitrogens with zero attached hydrogens (tertiary/aromatic N) is 3. The maximum atomic E-state index is 10.5. The van der Waals surface area contributed by atoms with E-state index in [0.717, 1.165) is 22.2 Å². The molecule has 0 aliphatic rings. The summed E-state index contributed by atoms with van der Waals surface area (Å²) >= 11 is 6.05. The summed E-state index contributed by atoms with van der Waals surface area (Å²) < 4.78 is 9.70. The first-order valence-electron chi connectivity index (χ1n) is 8.52. The van der Waals surface area contributed by atoms with Gasteiger partial charge in [-0.2, -0.15) is 0 Å². The normalized spacial score (nSPS) is 11.6. The van der Waals surface area contributed by atoms with Crippen molar-refractivity contribution in [3.63, 3.8) is 0 Å². The molecule has 134 valence electrons. The van der Waals surface area contributed by atoms with Crippen LogP contribution < -0.4 is 4.74 Å². The lowest BCUT2D eigenvalue weighted by Crippen LogP contribution is -1.96. The number of fused-ring (bicyclic) bond motifs is 4. The average molecular weight is 378 g/mol. The van der Waals surface area contributed by atoms with Crippen molar-refractivity contribution in [3.8, 4) is 17.2 Å². The summed E-state index contributed by atoms with van der Waals surface area (Å²) in [7, 11) is 0. The Kier molecular flexibility index (Phi) is 3.45. The molecular formula is C21H16ClN3O2. The minimum atomic E-state index is 0.154. The van der Waals surface area contributed by atoms with Gasteiger partial charge < -0.3 is 9.84 Å². The first kappa shape index (κ1) is 15.9. The standard InChI is InChI=1S/C21H16ClN3O2/c1-2-14-3-5-15(6-4-14)13-27-17-8-10-19(21(26)12-17)24-23-18-9-7-16(22)11-20(18)25(23)24/h2-12,26H,1,13H2. The van der Waals surface area contributed by atoms with Crippen LogP contribution >= 0.6 is 11.6 Å². The van der Waals surface area contributed by atoms with Crippen LogP contribution in [0.3, 0.4) is 0 Å². The van der Waals surface area contributed by atoms with E-state index in [1.807, 2.05) is 68.7 Å². The van der Waals surface area contributed by atoms with Gasteiger partial charge in [0.1, 0.15) is 34.8 Å². The third-order valence-electron chi connectivity index (χ3n) is 4.66. The molecule has 2 heterocycles. The largest absolute Gasteiger partial charge is 0.505 e. The maximum Gasteiger partial charge on any atom is 0.146 e. The molecule has 0 amide bonds. The van der Waals surface area contributed by atoms with E-state index in [1.165, 1.54) is 0 Å². The molecule has 0 spiro atoms. The number of halogens is 1. The fraction of sp³-hybridized carbons (Fsp3) is 0.0476. The highest BCUT2D eigenvalue weighted by atomic mass is 35.5. The minimum Gasteiger partial charge on any atom is -0.505 e. The van der Waals surface area contributed by atoms with Gasteiger partial charge in [-0.15, -0.1) is 14.1 Å². The fourth-order valence-corrected chi connectivity index (χ4v) is 3.37. The van der Waals surface area contributed by atoms with Crippen LogP contribution in [0.1, 0.15) is 11.1 Å². The molecule has 0 atom stereocenters. The van der Waals surface area contributed by atoms with E-state index in [-0.39, 0.29) is 5.75 Å². The second-order valence-electron chi connectivity index (χ2n) is 6.39. The number of aromatic hydroxyl groups is 1.